The minimum atomic E-state index is -0.0216. The smallest absolute Gasteiger partial charge is 0.262 e. The van der Waals surface area contributed by atoms with Gasteiger partial charge in [-0.3, -0.25) is 14.2 Å². The maximum Gasteiger partial charge on any atom is 0.262 e. The number of amides is 1. The van der Waals surface area contributed by atoms with Gasteiger partial charge in [-0.25, -0.2) is 4.98 Å². The fourth-order valence-electron chi connectivity index (χ4n) is 4.30. The predicted molar refractivity (Wildman–Crippen MR) is 119 cm³/mol. The lowest BCUT2D eigenvalue weighted by molar-refractivity contribution is -0.130. The van der Waals surface area contributed by atoms with Crippen molar-refractivity contribution in [3.05, 3.63) is 50.9 Å². The fraction of sp³-hybridized carbons (Fsp3) is 0.435. The Morgan fingerprint density at radius 1 is 1.19 bits per heavy atom. The quantitative estimate of drug-likeness (QED) is 0.611. The van der Waals surface area contributed by atoms with Crippen molar-refractivity contribution in [1.82, 2.24) is 14.5 Å². The number of hydrogen-bond donors (Lipinski definition) is 0. The summed E-state index contributed by atoms with van der Waals surface area (Å²) < 4.78 is 12.7. The Morgan fingerprint density at radius 2 is 2.00 bits per heavy atom. The van der Waals surface area contributed by atoms with Gasteiger partial charge in [0.05, 0.1) is 11.7 Å². The molecule has 1 aliphatic carbocycles. The Hall–Kier alpha value is -2.87. The van der Waals surface area contributed by atoms with E-state index in [1.807, 2.05) is 18.2 Å². The van der Waals surface area contributed by atoms with Gasteiger partial charge in [0.15, 0.2) is 11.5 Å². The molecule has 31 heavy (non-hydrogen) atoms. The number of carbonyl (C=O) groups is 1. The second-order valence-electron chi connectivity index (χ2n) is 8.11. The standard InChI is InChI=1S/C23H25N3O4S/c1-25(13-15-6-7-17-18(12-15)30-11-10-29-17)20(27)8-9-26-14-24-22-21(23(26)28)16-4-2-3-5-19(16)31-22/h6-7,12,14H,2-5,8-11,13H2,1H3. The SMILES string of the molecule is CN(Cc1ccc2c(c1)OCCO2)C(=O)CCn1cnc2sc3c(c2c1=O)CCCC3. The molecule has 0 unspecified atom stereocenters. The number of ether oxygens (including phenoxy) is 2. The van der Waals surface area contributed by atoms with Gasteiger partial charge in [-0.2, -0.15) is 0 Å². The lowest BCUT2D eigenvalue weighted by Gasteiger charge is -2.21. The van der Waals surface area contributed by atoms with Gasteiger partial charge >= 0.3 is 0 Å². The second kappa shape index (κ2) is 8.34. The average Bonchev–Trinajstić information content (AvgIpc) is 3.17. The number of aryl methyl sites for hydroxylation is 3. The Kier molecular flexibility index (Phi) is 5.40. The summed E-state index contributed by atoms with van der Waals surface area (Å²) >= 11 is 1.64. The Balaban J connectivity index is 1.26. The summed E-state index contributed by atoms with van der Waals surface area (Å²) in [6.45, 7) is 1.89. The van der Waals surface area contributed by atoms with Crippen LogP contribution in [0.2, 0.25) is 0 Å². The van der Waals surface area contributed by atoms with Crippen molar-refractivity contribution in [2.45, 2.75) is 45.2 Å². The molecule has 0 fully saturated rings. The Morgan fingerprint density at radius 3 is 2.87 bits per heavy atom. The van der Waals surface area contributed by atoms with Gasteiger partial charge in [0, 0.05) is 31.4 Å². The molecule has 1 amide bonds. The van der Waals surface area contributed by atoms with E-state index >= 15 is 0 Å². The number of thiophene rings is 1. The first kappa shape index (κ1) is 20.1. The maximum atomic E-state index is 13.1. The van der Waals surface area contributed by atoms with Crippen molar-refractivity contribution in [2.24, 2.45) is 0 Å². The molecule has 2 aliphatic rings. The number of fused-ring (bicyclic) bond motifs is 4. The van der Waals surface area contributed by atoms with Crippen molar-refractivity contribution in [3.8, 4) is 11.5 Å². The molecular weight excluding hydrogens is 414 g/mol. The minimum absolute atomic E-state index is 0.0192. The van der Waals surface area contributed by atoms with Crippen LogP contribution in [0.4, 0.5) is 0 Å². The van der Waals surface area contributed by atoms with E-state index in [2.05, 4.69) is 4.98 Å². The summed E-state index contributed by atoms with van der Waals surface area (Å²) in [6, 6.07) is 5.74. The van der Waals surface area contributed by atoms with Crippen LogP contribution in [0.1, 0.15) is 35.3 Å². The highest BCUT2D eigenvalue weighted by molar-refractivity contribution is 7.18. The van der Waals surface area contributed by atoms with Crippen LogP contribution >= 0.6 is 11.3 Å². The molecule has 0 spiro atoms. The third kappa shape index (κ3) is 3.92. The Bertz CT molecular complexity index is 1200. The van der Waals surface area contributed by atoms with Crippen LogP contribution in [0.25, 0.3) is 10.2 Å². The summed E-state index contributed by atoms with van der Waals surface area (Å²) in [5.41, 5.74) is 2.14. The van der Waals surface area contributed by atoms with Gasteiger partial charge < -0.3 is 14.4 Å². The number of nitrogens with zero attached hydrogens (tertiary/aromatic N) is 3. The molecule has 2 aromatic heterocycles. The van der Waals surface area contributed by atoms with E-state index in [9.17, 15) is 9.59 Å². The monoisotopic (exact) mass is 439 g/mol. The minimum Gasteiger partial charge on any atom is -0.486 e. The van der Waals surface area contributed by atoms with Crippen LogP contribution in [-0.4, -0.2) is 40.6 Å². The normalized spacial score (nSPS) is 15.0. The molecule has 162 valence electrons. The van der Waals surface area contributed by atoms with Crippen LogP contribution in [0.5, 0.6) is 11.5 Å². The highest BCUT2D eigenvalue weighted by atomic mass is 32.1. The summed E-state index contributed by atoms with van der Waals surface area (Å²) in [5, 5.41) is 0.763. The predicted octanol–water partition coefficient (Wildman–Crippen LogP) is 3.16. The van der Waals surface area contributed by atoms with Crippen LogP contribution in [0.3, 0.4) is 0 Å². The summed E-state index contributed by atoms with van der Waals surface area (Å²) in [6.07, 6.45) is 6.13. The molecule has 5 rings (SSSR count). The van der Waals surface area contributed by atoms with Crippen molar-refractivity contribution < 1.29 is 14.3 Å². The zero-order valence-corrected chi connectivity index (χ0v) is 18.4. The number of benzene rings is 1. The summed E-state index contributed by atoms with van der Waals surface area (Å²) in [5.74, 6) is 1.44. The largest absolute Gasteiger partial charge is 0.486 e. The van der Waals surface area contributed by atoms with E-state index in [0.717, 1.165) is 46.5 Å². The molecule has 0 radical (unpaired) electrons. The van der Waals surface area contributed by atoms with Gasteiger partial charge in [-0.15, -0.1) is 11.3 Å². The highest BCUT2D eigenvalue weighted by Gasteiger charge is 2.20. The van der Waals surface area contributed by atoms with Gasteiger partial charge in [0.25, 0.3) is 5.56 Å². The first-order valence-electron chi connectivity index (χ1n) is 10.7. The maximum absolute atomic E-state index is 13.1. The van der Waals surface area contributed by atoms with Crippen LogP contribution in [0, 0.1) is 0 Å². The first-order chi connectivity index (χ1) is 15.1. The Labute approximate surface area is 184 Å². The van der Waals surface area contributed by atoms with Gasteiger partial charge in [-0.05, 0) is 48.9 Å². The number of carbonyl (C=O) groups excluding carboxylic acids is 1. The number of rotatable bonds is 5. The van der Waals surface area contributed by atoms with Crippen LogP contribution < -0.4 is 15.0 Å². The summed E-state index contributed by atoms with van der Waals surface area (Å²) in [4.78, 5) is 34.1. The molecule has 0 N–H and O–H groups in total. The van der Waals surface area contributed by atoms with Crippen molar-refractivity contribution in [1.29, 1.82) is 0 Å². The molecule has 1 aromatic carbocycles. The molecule has 0 bridgehead atoms. The number of hydrogen-bond acceptors (Lipinski definition) is 6. The zero-order valence-electron chi connectivity index (χ0n) is 17.6. The molecule has 8 heteroatoms. The van der Waals surface area contributed by atoms with Crippen molar-refractivity contribution >= 4 is 27.5 Å². The molecule has 7 nitrogen and oxygen atoms in total. The first-order valence-corrected chi connectivity index (χ1v) is 11.5. The van der Waals surface area contributed by atoms with Crippen molar-refractivity contribution in [3.63, 3.8) is 0 Å². The average molecular weight is 440 g/mol. The number of aromatic nitrogens is 2. The molecule has 0 saturated carbocycles. The lowest BCUT2D eigenvalue weighted by atomic mass is 9.97. The van der Waals surface area contributed by atoms with Crippen molar-refractivity contribution in [2.75, 3.05) is 20.3 Å². The highest BCUT2D eigenvalue weighted by Crippen LogP contribution is 2.33. The van der Waals surface area contributed by atoms with Gasteiger partial charge in [0.2, 0.25) is 5.91 Å². The molecule has 0 atom stereocenters. The van der Waals surface area contributed by atoms with Gasteiger partial charge in [0.1, 0.15) is 18.0 Å². The van der Waals surface area contributed by atoms with E-state index < -0.39 is 0 Å². The topological polar surface area (TPSA) is 73.7 Å². The van der Waals surface area contributed by atoms with Crippen LogP contribution in [0.15, 0.2) is 29.3 Å². The van der Waals surface area contributed by atoms with E-state index in [-0.39, 0.29) is 17.9 Å². The summed E-state index contributed by atoms with van der Waals surface area (Å²) in [7, 11) is 1.78. The van der Waals surface area contributed by atoms with Gasteiger partial charge in [-0.1, -0.05) is 6.07 Å². The second-order valence-corrected chi connectivity index (χ2v) is 9.20. The zero-order chi connectivity index (χ0) is 21.4. The van der Waals surface area contributed by atoms with E-state index in [1.165, 1.54) is 16.9 Å². The van der Waals surface area contributed by atoms with E-state index in [0.29, 0.717) is 26.3 Å². The molecule has 3 heterocycles. The molecular formula is C23H25N3O4S. The third-order valence-electron chi connectivity index (χ3n) is 5.96. The van der Waals surface area contributed by atoms with E-state index in [4.69, 9.17) is 9.47 Å². The molecule has 1 aliphatic heterocycles. The third-order valence-corrected chi connectivity index (χ3v) is 7.16. The molecule has 0 saturated heterocycles. The fourth-order valence-corrected chi connectivity index (χ4v) is 5.52. The molecule has 3 aromatic rings. The lowest BCUT2D eigenvalue weighted by Crippen LogP contribution is -2.29. The van der Waals surface area contributed by atoms with E-state index in [1.54, 1.807) is 34.2 Å². The van der Waals surface area contributed by atoms with Crippen LogP contribution in [-0.2, 0) is 30.7 Å².